The van der Waals surface area contributed by atoms with Crippen LogP contribution < -0.4 is 15.8 Å². The molecule has 1 atom stereocenters. The zero-order valence-corrected chi connectivity index (χ0v) is 19.1. The van der Waals surface area contributed by atoms with Crippen LogP contribution in [0.4, 0.5) is 0 Å². The molecule has 35 heavy (non-hydrogen) atoms. The Labute approximate surface area is 200 Å². The molecular formula is C26H23N3O6. The number of nitrogens with one attached hydrogen (secondary N) is 1. The van der Waals surface area contributed by atoms with Crippen molar-refractivity contribution in [3.63, 3.8) is 0 Å². The minimum atomic E-state index is -1.36. The number of amides is 4. The Hall–Kier alpha value is -4.14. The molecule has 0 spiro atoms. The van der Waals surface area contributed by atoms with Crippen LogP contribution in [0.2, 0.25) is 0 Å². The average Bonchev–Trinajstić information content (AvgIpc) is 3.34. The molecule has 3 aromatic rings. The number of ether oxygens (including phenoxy) is 1. The minimum Gasteiger partial charge on any atom is -0.497 e. The average molecular weight is 473 g/mol. The summed E-state index contributed by atoms with van der Waals surface area (Å²) in [5.74, 6) is -0.646. The van der Waals surface area contributed by atoms with Gasteiger partial charge in [0.25, 0.3) is 5.91 Å². The Morgan fingerprint density at radius 2 is 1.94 bits per heavy atom. The number of benzene rings is 2. The van der Waals surface area contributed by atoms with Crippen molar-refractivity contribution in [3.8, 4) is 5.75 Å². The third-order valence-electron chi connectivity index (χ3n) is 7.57. The summed E-state index contributed by atoms with van der Waals surface area (Å²) in [6.07, 6.45) is 1.26. The zero-order valence-electron chi connectivity index (χ0n) is 19.1. The van der Waals surface area contributed by atoms with E-state index in [1.165, 1.54) is 7.11 Å². The third kappa shape index (κ3) is 3.07. The van der Waals surface area contributed by atoms with E-state index in [1.54, 1.807) is 29.2 Å². The Kier molecular flexibility index (Phi) is 4.39. The number of carbonyl (C=O) groups is 4. The third-order valence-corrected chi connectivity index (χ3v) is 7.57. The van der Waals surface area contributed by atoms with E-state index < -0.39 is 22.6 Å². The molecule has 9 nitrogen and oxygen atoms in total. The van der Waals surface area contributed by atoms with Gasteiger partial charge in [-0.25, -0.2) is 0 Å². The van der Waals surface area contributed by atoms with E-state index in [1.807, 2.05) is 18.2 Å². The van der Waals surface area contributed by atoms with E-state index in [2.05, 4.69) is 5.32 Å². The molecule has 3 heterocycles. The van der Waals surface area contributed by atoms with Crippen molar-refractivity contribution < 1.29 is 28.3 Å². The summed E-state index contributed by atoms with van der Waals surface area (Å²) in [4.78, 5) is 52.2. The number of rotatable bonds is 6. The summed E-state index contributed by atoms with van der Waals surface area (Å²) < 4.78 is 11.3. The smallest absolute Gasteiger partial charge is 0.254 e. The molecule has 1 saturated heterocycles. The number of fused-ring (bicyclic) bond motifs is 2. The van der Waals surface area contributed by atoms with Gasteiger partial charge in [0.2, 0.25) is 17.7 Å². The van der Waals surface area contributed by atoms with Crippen molar-refractivity contribution in [3.05, 3.63) is 64.9 Å². The van der Waals surface area contributed by atoms with E-state index in [0.717, 1.165) is 11.1 Å². The molecule has 1 aromatic heterocycles. The van der Waals surface area contributed by atoms with Gasteiger partial charge >= 0.3 is 0 Å². The van der Waals surface area contributed by atoms with Gasteiger partial charge < -0.3 is 19.8 Å². The molecule has 0 unspecified atom stereocenters. The van der Waals surface area contributed by atoms with Gasteiger partial charge in [-0.3, -0.25) is 24.5 Å². The molecule has 0 bridgehead atoms. The molecule has 6 rings (SSSR count). The predicted octanol–water partition coefficient (Wildman–Crippen LogP) is 1.90. The Morgan fingerprint density at radius 1 is 1.14 bits per heavy atom. The Balaban J connectivity index is 1.38. The quantitative estimate of drug-likeness (QED) is 0.526. The lowest BCUT2D eigenvalue weighted by molar-refractivity contribution is -0.127. The summed E-state index contributed by atoms with van der Waals surface area (Å²) in [6, 6.07) is 12.4. The molecule has 2 aliphatic heterocycles. The molecule has 9 heteroatoms. The standard InChI is InChI=1S/C26H23N3O6/c1-34-17-4-2-14-12-29(22(31)18(14)10-17)13-26(11-21(30)28-24(26)33)20-9-15-8-16(3-5-19(15)35-20)25(6-7-25)23(27)32/h2-5,8-10H,6-7,11-13H2,1H3,(H2,27,32)(H,28,30,33)/t26-/m1/s1. The van der Waals surface area contributed by atoms with Crippen molar-refractivity contribution >= 4 is 34.6 Å². The van der Waals surface area contributed by atoms with Crippen LogP contribution in [0, 0.1) is 0 Å². The highest BCUT2D eigenvalue weighted by molar-refractivity contribution is 6.10. The SMILES string of the molecule is COc1ccc2c(c1)C(=O)N(C[C@@]1(c3cc4cc(C5(C(N)=O)CC5)ccc4o3)CC(=O)NC1=O)C2. The molecule has 3 aliphatic rings. The topological polar surface area (TPSA) is 132 Å². The molecule has 0 radical (unpaired) electrons. The second-order valence-corrected chi connectivity index (χ2v) is 9.63. The lowest BCUT2D eigenvalue weighted by atomic mass is 9.82. The van der Waals surface area contributed by atoms with Gasteiger partial charge in [-0.05, 0) is 54.3 Å². The van der Waals surface area contributed by atoms with Crippen molar-refractivity contribution in [2.45, 2.75) is 36.6 Å². The molecule has 1 aliphatic carbocycles. The van der Waals surface area contributed by atoms with Crippen LogP contribution in [0.25, 0.3) is 11.0 Å². The highest BCUT2D eigenvalue weighted by Gasteiger charge is 2.53. The van der Waals surface area contributed by atoms with Gasteiger partial charge in [0.15, 0.2) is 0 Å². The number of imide groups is 1. The van der Waals surface area contributed by atoms with Gasteiger partial charge in [-0.2, -0.15) is 0 Å². The maximum atomic E-state index is 13.2. The second kappa shape index (κ2) is 7.18. The summed E-state index contributed by atoms with van der Waals surface area (Å²) in [5.41, 5.74) is 6.29. The van der Waals surface area contributed by atoms with Gasteiger partial charge in [-0.15, -0.1) is 0 Å². The fourth-order valence-corrected chi connectivity index (χ4v) is 5.35. The fraction of sp³-hybridized carbons (Fsp3) is 0.308. The van der Waals surface area contributed by atoms with Crippen LogP contribution in [0.3, 0.4) is 0 Å². The zero-order chi connectivity index (χ0) is 24.5. The molecular weight excluding hydrogens is 450 g/mol. The van der Waals surface area contributed by atoms with Crippen molar-refractivity contribution in [1.29, 1.82) is 0 Å². The second-order valence-electron chi connectivity index (χ2n) is 9.63. The summed E-state index contributed by atoms with van der Waals surface area (Å²) in [7, 11) is 1.53. The van der Waals surface area contributed by atoms with Crippen LogP contribution in [0.1, 0.15) is 46.5 Å². The van der Waals surface area contributed by atoms with Crippen molar-refractivity contribution in [2.75, 3.05) is 13.7 Å². The van der Waals surface area contributed by atoms with E-state index in [4.69, 9.17) is 14.9 Å². The summed E-state index contributed by atoms with van der Waals surface area (Å²) in [5, 5.41) is 3.09. The van der Waals surface area contributed by atoms with Gasteiger partial charge in [0, 0.05) is 24.0 Å². The van der Waals surface area contributed by atoms with Gasteiger partial charge in [0.05, 0.1) is 18.9 Å². The highest BCUT2D eigenvalue weighted by atomic mass is 16.5. The molecule has 178 valence electrons. The highest BCUT2D eigenvalue weighted by Crippen LogP contribution is 2.49. The predicted molar refractivity (Wildman–Crippen MR) is 123 cm³/mol. The maximum Gasteiger partial charge on any atom is 0.254 e. The number of hydrogen-bond acceptors (Lipinski definition) is 6. The summed E-state index contributed by atoms with van der Waals surface area (Å²) >= 11 is 0. The van der Waals surface area contributed by atoms with Crippen molar-refractivity contribution in [2.24, 2.45) is 5.73 Å². The van der Waals surface area contributed by atoms with E-state index in [9.17, 15) is 19.2 Å². The maximum absolute atomic E-state index is 13.2. The number of nitrogens with two attached hydrogens (primary N) is 1. The van der Waals surface area contributed by atoms with Crippen LogP contribution in [0.5, 0.6) is 5.75 Å². The van der Waals surface area contributed by atoms with Crippen LogP contribution in [0.15, 0.2) is 46.9 Å². The molecule has 1 saturated carbocycles. The first-order valence-corrected chi connectivity index (χ1v) is 11.4. The normalized spacial score (nSPS) is 22.4. The van der Waals surface area contributed by atoms with Crippen LogP contribution in [-0.4, -0.2) is 42.2 Å². The van der Waals surface area contributed by atoms with Crippen LogP contribution in [-0.2, 0) is 31.8 Å². The van der Waals surface area contributed by atoms with Gasteiger partial charge in [-0.1, -0.05) is 12.1 Å². The number of methoxy groups -OCH3 is 1. The molecule has 3 N–H and O–H groups in total. The number of nitrogens with zero attached hydrogens (tertiary/aromatic N) is 1. The number of furan rings is 1. The molecule has 2 fully saturated rings. The number of primary amides is 1. The van der Waals surface area contributed by atoms with Crippen molar-refractivity contribution in [1.82, 2.24) is 10.2 Å². The minimum absolute atomic E-state index is 0.0156. The fourth-order valence-electron chi connectivity index (χ4n) is 5.35. The Morgan fingerprint density at radius 3 is 2.60 bits per heavy atom. The number of hydrogen-bond donors (Lipinski definition) is 2. The first-order valence-electron chi connectivity index (χ1n) is 11.4. The van der Waals surface area contributed by atoms with Gasteiger partial charge in [0.1, 0.15) is 22.5 Å². The molecule has 4 amide bonds. The lowest BCUT2D eigenvalue weighted by Gasteiger charge is -2.28. The first kappa shape index (κ1) is 21.4. The van der Waals surface area contributed by atoms with Crippen LogP contribution >= 0.6 is 0 Å². The van der Waals surface area contributed by atoms with E-state index in [-0.39, 0.29) is 24.8 Å². The number of carbonyl (C=O) groups excluding carboxylic acids is 4. The summed E-state index contributed by atoms with van der Waals surface area (Å²) in [6.45, 7) is 0.297. The monoisotopic (exact) mass is 473 g/mol. The Bertz CT molecular complexity index is 1450. The molecule has 2 aromatic carbocycles. The largest absolute Gasteiger partial charge is 0.497 e. The first-order chi connectivity index (χ1) is 16.8. The van der Waals surface area contributed by atoms with E-state index in [0.29, 0.717) is 47.4 Å². The lowest BCUT2D eigenvalue weighted by Crippen LogP contribution is -2.46. The van der Waals surface area contributed by atoms with E-state index >= 15 is 0 Å².